The minimum atomic E-state index is -0.931. The highest BCUT2D eigenvalue weighted by molar-refractivity contribution is 5.69. The van der Waals surface area contributed by atoms with Crippen molar-refractivity contribution in [3.8, 4) is 5.75 Å². The van der Waals surface area contributed by atoms with Crippen molar-refractivity contribution in [2.45, 2.75) is 59.5 Å². The zero-order valence-corrected chi connectivity index (χ0v) is 17.2. The maximum atomic E-state index is 11.3. The quantitative estimate of drug-likeness (QED) is 0.365. The van der Waals surface area contributed by atoms with E-state index in [0.29, 0.717) is 11.3 Å². The molecule has 0 amide bonds. The SMILES string of the molecule is CC(=O)OCC(COC(C)=O)OOc1cc(C)cc(C)c1C(C)(C)CC(=O)O. The van der Waals surface area contributed by atoms with Crippen molar-refractivity contribution in [1.29, 1.82) is 0 Å². The third-order valence-electron chi connectivity index (χ3n) is 3.93. The number of aryl methyl sites for hydroxylation is 2. The Hall–Kier alpha value is -2.61. The third kappa shape index (κ3) is 7.56. The number of carboxylic acids is 1. The van der Waals surface area contributed by atoms with Gasteiger partial charge >= 0.3 is 17.9 Å². The van der Waals surface area contributed by atoms with Gasteiger partial charge in [-0.25, -0.2) is 0 Å². The summed E-state index contributed by atoms with van der Waals surface area (Å²) in [5.41, 5.74) is 1.74. The van der Waals surface area contributed by atoms with Gasteiger partial charge in [-0.05, 0) is 31.0 Å². The zero-order valence-electron chi connectivity index (χ0n) is 17.2. The summed E-state index contributed by atoms with van der Waals surface area (Å²) in [7, 11) is 0. The fourth-order valence-corrected chi connectivity index (χ4v) is 2.97. The number of aliphatic carboxylic acids is 1. The summed E-state index contributed by atoms with van der Waals surface area (Å²) in [5.74, 6) is -1.59. The number of hydrogen-bond acceptors (Lipinski definition) is 7. The number of carbonyl (C=O) groups is 3. The van der Waals surface area contributed by atoms with E-state index in [1.165, 1.54) is 13.8 Å². The number of ether oxygens (including phenoxy) is 2. The molecule has 156 valence electrons. The molecule has 8 heteroatoms. The lowest BCUT2D eigenvalue weighted by Crippen LogP contribution is -2.30. The van der Waals surface area contributed by atoms with Crippen molar-refractivity contribution >= 4 is 17.9 Å². The Morgan fingerprint density at radius 1 is 1.04 bits per heavy atom. The van der Waals surface area contributed by atoms with E-state index >= 15 is 0 Å². The van der Waals surface area contributed by atoms with Crippen molar-refractivity contribution in [3.05, 3.63) is 28.8 Å². The van der Waals surface area contributed by atoms with Crippen LogP contribution in [0.15, 0.2) is 12.1 Å². The van der Waals surface area contributed by atoms with Crippen LogP contribution in [0.3, 0.4) is 0 Å². The van der Waals surface area contributed by atoms with Crippen LogP contribution in [0.2, 0.25) is 0 Å². The molecule has 0 saturated heterocycles. The van der Waals surface area contributed by atoms with Gasteiger partial charge in [0.15, 0.2) is 11.9 Å². The molecule has 1 rings (SSSR count). The molecular weight excluding hydrogens is 368 g/mol. The molecule has 1 aromatic rings. The van der Waals surface area contributed by atoms with E-state index < -0.39 is 29.4 Å². The van der Waals surface area contributed by atoms with E-state index in [9.17, 15) is 19.5 Å². The molecule has 1 aromatic carbocycles. The molecule has 0 bridgehead atoms. The van der Waals surface area contributed by atoms with E-state index in [4.69, 9.17) is 19.2 Å². The van der Waals surface area contributed by atoms with E-state index in [2.05, 4.69) is 0 Å². The van der Waals surface area contributed by atoms with Crippen LogP contribution in [0, 0.1) is 13.8 Å². The van der Waals surface area contributed by atoms with Crippen LogP contribution in [0.4, 0.5) is 0 Å². The number of carbonyl (C=O) groups excluding carboxylic acids is 2. The van der Waals surface area contributed by atoms with E-state index in [1.807, 2.05) is 19.9 Å². The molecule has 0 atom stereocenters. The molecule has 0 aliphatic heterocycles. The van der Waals surface area contributed by atoms with Gasteiger partial charge < -0.3 is 19.5 Å². The first-order chi connectivity index (χ1) is 12.9. The third-order valence-corrected chi connectivity index (χ3v) is 3.93. The Morgan fingerprint density at radius 2 is 1.57 bits per heavy atom. The zero-order chi connectivity index (χ0) is 21.5. The van der Waals surface area contributed by atoms with Crippen LogP contribution in [0.5, 0.6) is 5.75 Å². The van der Waals surface area contributed by atoms with Crippen LogP contribution in [0.25, 0.3) is 0 Å². The number of carboxylic acid groups (broad SMARTS) is 1. The van der Waals surface area contributed by atoms with Crippen molar-refractivity contribution in [1.82, 2.24) is 0 Å². The van der Waals surface area contributed by atoms with Gasteiger partial charge in [0.05, 0.1) is 6.42 Å². The average Bonchev–Trinajstić information content (AvgIpc) is 2.51. The van der Waals surface area contributed by atoms with Crippen molar-refractivity contribution < 1.29 is 38.7 Å². The van der Waals surface area contributed by atoms with Gasteiger partial charge in [0.1, 0.15) is 13.2 Å². The van der Waals surface area contributed by atoms with Gasteiger partial charge in [-0.3, -0.25) is 14.4 Å². The van der Waals surface area contributed by atoms with Crippen LogP contribution in [-0.2, 0) is 34.2 Å². The van der Waals surface area contributed by atoms with Gasteiger partial charge in [0.2, 0.25) is 0 Å². The molecule has 28 heavy (non-hydrogen) atoms. The predicted octanol–water partition coefficient (Wildman–Crippen LogP) is 2.86. The lowest BCUT2D eigenvalue weighted by atomic mass is 9.78. The van der Waals surface area contributed by atoms with Gasteiger partial charge in [0, 0.05) is 24.8 Å². The van der Waals surface area contributed by atoms with Gasteiger partial charge in [-0.1, -0.05) is 19.9 Å². The molecule has 0 heterocycles. The van der Waals surface area contributed by atoms with Gasteiger partial charge in [0.25, 0.3) is 0 Å². The molecule has 0 radical (unpaired) electrons. The molecule has 0 aromatic heterocycles. The maximum absolute atomic E-state index is 11.3. The molecule has 0 saturated carbocycles. The van der Waals surface area contributed by atoms with E-state index in [-0.39, 0.29) is 19.6 Å². The second-order valence-corrected chi connectivity index (χ2v) is 7.32. The molecule has 0 aliphatic rings. The van der Waals surface area contributed by atoms with Crippen molar-refractivity contribution in [2.24, 2.45) is 0 Å². The lowest BCUT2D eigenvalue weighted by Gasteiger charge is -2.28. The standard InChI is InChI=1S/C20H28O8/c1-12-7-13(2)19(20(5,6)9-18(23)24)17(8-12)28-27-16(10-25-14(3)21)11-26-15(4)22/h7-8,16H,9-11H2,1-6H3,(H,23,24). The minimum absolute atomic E-state index is 0.0996. The van der Waals surface area contributed by atoms with Crippen molar-refractivity contribution in [2.75, 3.05) is 13.2 Å². The number of benzene rings is 1. The normalized spacial score (nSPS) is 11.2. The van der Waals surface area contributed by atoms with Gasteiger partial charge in [-0.15, -0.1) is 0 Å². The lowest BCUT2D eigenvalue weighted by molar-refractivity contribution is -0.263. The number of rotatable bonds is 10. The summed E-state index contributed by atoms with van der Waals surface area (Å²) in [6.07, 6.45) is -0.943. The summed E-state index contributed by atoms with van der Waals surface area (Å²) in [4.78, 5) is 44.3. The predicted molar refractivity (Wildman–Crippen MR) is 100.0 cm³/mol. The van der Waals surface area contributed by atoms with Crippen LogP contribution in [-0.4, -0.2) is 42.3 Å². The first kappa shape index (κ1) is 23.4. The minimum Gasteiger partial charge on any atom is -0.481 e. The Bertz CT molecular complexity index is 705. The van der Waals surface area contributed by atoms with Crippen LogP contribution in [0.1, 0.15) is 50.8 Å². The smallest absolute Gasteiger partial charge is 0.304 e. The second-order valence-electron chi connectivity index (χ2n) is 7.32. The topological polar surface area (TPSA) is 108 Å². The largest absolute Gasteiger partial charge is 0.481 e. The summed E-state index contributed by atoms with van der Waals surface area (Å²) in [6, 6.07) is 3.67. The second kappa shape index (κ2) is 10.1. The van der Waals surface area contributed by atoms with Crippen LogP contribution < -0.4 is 4.89 Å². The highest BCUT2D eigenvalue weighted by atomic mass is 17.2. The monoisotopic (exact) mass is 396 g/mol. The average molecular weight is 396 g/mol. The maximum Gasteiger partial charge on any atom is 0.304 e. The molecule has 0 spiro atoms. The summed E-state index contributed by atoms with van der Waals surface area (Å²) >= 11 is 0. The first-order valence-corrected chi connectivity index (χ1v) is 8.86. The first-order valence-electron chi connectivity index (χ1n) is 8.86. The Balaban J connectivity index is 3.08. The fraction of sp³-hybridized carbons (Fsp3) is 0.550. The number of esters is 2. The molecule has 1 N–H and O–H groups in total. The molecule has 0 fully saturated rings. The van der Waals surface area contributed by atoms with Crippen molar-refractivity contribution in [3.63, 3.8) is 0 Å². The molecule has 0 unspecified atom stereocenters. The van der Waals surface area contributed by atoms with Gasteiger partial charge in [-0.2, -0.15) is 4.89 Å². The van der Waals surface area contributed by atoms with E-state index in [0.717, 1.165) is 11.1 Å². The van der Waals surface area contributed by atoms with Crippen LogP contribution >= 0.6 is 0 Å². The highest BCUT2D eigenvalue weighted by Crippen LogP contribution is 2.38. The number of hydrogen-bond donors (Lipinski definition) is 1. The summed E-state index contributed by atoms with van der Waals surface area (Å²) < 4.78 is 9.82. The Kier molecular flexibility index (Phi) is 8.43. The Labute approximate surface area is 164 Å². The highest BCUT2D eigenvalue weighted by Gasteiger charge is 2.30. The Morgan fingerprint density at radius 3 is 2.04 bits per heavy atom. The molecule has 0 aliphatic carbocycles. The summed E-state index contributed by atoms with van der Waals surface area (Å²) in [6.45, 7) is 9.53. The fourth-order valence-electron chi connectivity index (χ4n) is 2.97. The summed E-state index contributed by atoms with van der Waals surface area (Å²) in [5, 5.41) is 9.24. The molecule has 8 nitrogen and oxygen atoms in total. The van der Waals surface area contributed by atoms with E-state index in [1.54, 1.807) is 19.9 Å². The molecular formula is C20H28O8.